The van der Waals surface area contributed by atoms with E-state index in [9.17, 15) is 9.59 Å². The average Bonchev–Trinajstić information content (AvgIpc) is 2.59. The Hall–Kier alpha value is -2.34. The molecule has 130 valence electrons. The predicted octanol–water partition coefficient (Wildman–Crippen LogP) is 2.19. The molecule has 1 aromatic rings. The van der Waals surface area contributed by atoms with E-state index in [4.69, 9.17) is 14.6 Å². The number of hydrogen-bond acceptors (Lipinski definition) is 4. The summed E-state index contributed by atoms with van der Waals surface area (Å²) >= 11 is 0. The van der Waals surface area contributed by atoms with E-state index in [2.05, 4.69) is 0 Å². The number of carbonyl (C=O) groups is 2. The van der Waals surface area contributed by atoms with Gasteiger partial charge in [-0.3, -0.25) is 9.59 Å². The van der Waals surface area contributed by atoms with E-state index in [0.29, 0.717) is 38.4 Å². The normalized spacial score (nSPS) is 15.4. The highest BCUT2D eigenvalue weighted by molar-refractivity contribution is 5.94. The molecule has 0 saturated carbocycles. The summed E-state index contributed by atoms with van der Waals surface area (Å²) in [4.78, 5) is 25.0. The van der Waals surface area contributed by atoms with E-state index in [1.807, 2.05) is 31.2 Å². The lowest BCUT2D eigenvalue weighted by molar-refractivity contribution is -0.145. The molecule has 0 aliphatic carbocycles. The van der Waals surface area contributed by atoms with Crippen LogP contribution >= 0.6 is 0 Å². The molecule has 24 heavy (non-hydrogen) atoms. The fourth-order valence-corrected chi connectivity index (χ4v) is 2.69. The summed E-state index contributed by atoms with van der Waals surface area (Å²) in [5.74, 6) is -0.631. The zero-order chi connectivity index (χ0) is 17.4. The fraction of sp³-hybridized carbons (Fsp3) is 0.444. The molecular formula is C18H23NO5. The molecular weight excluding hydrogens is 310 g/mol. The standard InChI is InChI=1S/C18H23NO5/c1-2-24-16-6-4-3-5-14(16)7-8-17(20)19(13-18(21)22)15-9-11-23-12-10-15/h3-8,15H,2,9-13H2,1H3,(H,21,22)/b8-7-. The zero-order valence-electron chi connectivity index (χ0n) is 13.8. The summed E-state index contributed by atoms with van der Waals surface area (Å²) in [7, 11) is 0. The molecule has 1 aliphatic rings. The predicted molar refractivity (Wildman–Crippen MR) is 89.8 cm³/mol. The lowest BCUT2D eigenvalue weighted by Gasteiger charge is -2.32. The van der Waals surface area contributed by atoms with Gasteiger partial charge in [0.1, 0.15) is 12.3 Å². The number of aliphatic carboxylic acids is 1. The Bertz CT molecular complexity index is 593. The molecule has 0 bridgehead atoms. The van der Waals surface area contributed by atoms with Crippen molar-refractivity contribution in [3.05, 3.63) is 35.9 Å². The molecule has 2 rings (SSSR count). The number of nitrogens with zero attached hydrogens (tertiary/aromatic N) is 1. The Labute approximate surface area is 141 Å². The summed E-state index contributed by atoms with van der Waals surface area (Å²) in [5, 5.41) is 9.09. The molecule has 0 aromatic heterocycles. The van der Waals surface area contributed by atoms with Gasteiger partial charge in [0.25, 0.3) is 0 Å². The Morgan fingerprint density at radius 2 is 2.04 bits per heavy atom. The minimum atomic E-state index is -1.02. The minimum Gasteiger partial charge on any atom is -0.493 e. The first-order chi connectivity index (χ1) is 11.6. The van der Waals surface area contributed by atoms with E-state index in [1.54, 1.807) is 6.08 Å². The number of benzene rings is 1. The van der Waals surface area contributed by atoms with E-state index in [1.165, 1.54) is 11.0 Å². The summed E-state index contributed by atoms with van der Waals surface area (Å²) in [6.45, 7) is 3.22. The second-order valence-corrected chi connectivity index (χ2v) is 5.51. The maximum Gasteiger partial charge on any atom is 0.323 e. The SMILES string of the molecule is CCOc1ccccc1/C=C\C(=O)N(CC(=O)O)C1CCOCC1. The summed E-state index contributed by atoms with van der Waals surface area (Å²) in [5.41, 5.74) is 0.787. The molecule has 6 nitrogen and oxygen atoms in total. The molecule has 0 unspecified atom stereocenters. The summed E-state index contributed by atoms with van der Waals surface area (Å²) in [6, 6.07) is 7.31. The lowest BCUT2D eigenvalue weighted by Crippen LogP contribution is -2.45. The summed E-state index contributed by atoms with van der Waals surface area (Å²) < 4.78 is 10.8. The molecule has 1 fully saturated rings. The highest BCUT2D eigenvalue weighted by atomic mass is 16.5. The van der Waals surface area contributed by atoms with Crippen LogP contribution in [0.3, 0.4) is 0 Å². The van der Waals surface area contributed by atoms with Crippen molar-refractivity contribution in [2.24, 2.45) is 0 Å². The molecule has 1 saturated heterocycles. The fourth-order valence-electron chi connectivity index (χ4n) is 2.69. The third-order valence-corrected chi connectivity index (χ3v) is 3.84. The van der Waals surface area contributed by atoms with E-state index >= 15 is 0 Å². The van der Waals surface area contributed by atoms with Gasteiger partial charge in [-0.1, -0.05) is 18.2 Å². The zero-order valence-corrected chi connectivity index (χ0v) is 13.8. The number of hydrogen-bond donors (Lipinski definition) is 1. The van der Waals surface area contributed by atoms with E-state index in [-0.39, 0.29) is 18.5 Å². The van der Waals surface area contributed by atoms with Gasteiger partial charge in [-0.25, -0.2) is 0 Å². The van der Waals surface area contributed by atoms with Crippen molar-refractivity contribution >= 4 is 18.0 Å². The Balaban J connectivity index is 2.12. The van der Waals surface area contributed by atoms with Crippen molar-refractivity contribution in [1.82, 2.24) is 4.90 Å². The van der Waals surface area contributed by atoms with Crippen molar-refractivity contribution in [3.63, 3.8) is 0 Å². The maximum absolute atomic E-state index is 12.5. The Morgan fingerprint density at radius 1 is 1.33 bits per heavy atom. The molecule has 0 radical (unpaired) electrons. The number of para-hydroxylation sites is 1. The van der Waals surface area contributed by atoms with Gasteiger partial charge < -0.3 is 19.5 Å². The van der Waals surface area contributed by atoms with Crippen LogP contribution in [-0.4, -0.2) is 54.3 Å². The average molecular weight is 333 g/mol. The Morgan fingerprint density at radius 3 is 2.71 bits per heavy atom. The first kappa shape index (κ1) is 18.0. The van der Waals surface area contributed by atoms with Crippen molar-refractivity contribution in [2.75, 3.05) is 26.4 Å². The van der Waals surface area contributed by atoms with Gasteiger partial charge in [0.2, 0.25) is 5.91 Å². The lowest BCUT2D eigenvalue weighted by atomic mass is 10.1. The van der Waals surface area contributed by atoms with Crippen LogP contribution in [0.2, 0.25) is 0 Å². The molecule has 1 heterocycles. The van der Waals surface area contributed by atoms with Crippen LogP contribution in [-0.2, 0) is 14.3 Å². The van der Waals surface area contributed by atoms with Crippen LogP contribution in [0.4, 0.5) is 0 Å². The first-order valence-corrected chi connectivity index (χ1v) is 8.12. The van der Waals surface area contributed by atoms with Crippen LogP contribution in [0, 0.1) is 0 Å². The number of rotatable bonds is 7. The molecule has 0 spiro atoms. The van der Waals surface area contributed by atoms with Gasteiger partial charge in [-0.15, -0.1) is 0 Å². The molecule has 1 aromatic carbocycles. The van der Waals surface area contributed by atoms with Gasteiger partial charge >= 0.3 is 5.97 Å². The van der Waals surface area contributed by atoms with Gasteiger partial charge in [0, 0.05) is 30.9 Å². The smallest absolute Gasteiger partial charge is 0.323 e. The topological polar surface area (TPSA) is 76.1 Å². The Kier molecular flexibility index (Phi) is 6.81. The highest BCUT2D eigenvalue weighted by Gasteiger charge is 2.26. The second-order valence-electron chi connectivity index (χ2n) is 5.51. The maximum atomic E-state index is 12.5. The van der Waals surface area contributed by atoms with Crippen LogP contribution in [0.1, 0.15) is 25.3 Å². The molecule has 1 aliphatic heterocycles. The second kappa shape index (κ2) is 9.08. The number of carboxylic acid groups (broad SMARTS) is 1. The highest BCUT2D eigenvalue weighted by Crippen LogP contribution is 2.20. The van der Waals surface area contributed by atoms with Crippen molar-refractivity contribution < 1.29 is 24.2 Å². The molecule has 1 N–H and O–H groups in total. The number of amides is 1. The van der Waals surface area contributed by atoms with Crippen LogP contribution in [0.25, 0.3) is 6.08 Å². The third-order valence-electron chi connectivity index (χ3n) is 3.84. The van der Waals surface area contributed by atoms with Crippen LogP contribution in [0.5, 0.6) is 5.75 Å². The van der Waals surface area contributed by atoms with Crippen molar-refractivity contribution in [2.45, 2.75) is 25.8 Å². The van der Waals surface area contributed by atoms with Crippen LogP contribution in [0.15, 0.2) is 30.3 Å². The van der Waals surface area contributed by atoms with Gasteiger partial charge in [-0.05, 0) is 31.9 Å². The quantitative estimate of drug-likeness (QED) is 0.774. The van der Waals surface area contributed by atoms with Crippen molar-refractivity contribution in [1.29, 1.82) is 0 Å². The number of carbonyl (C=O) groups excluding carboxylic acids is 1. The van der Waals surface area contributed by atoms with Gasteiger partial charge in [0.15, 0.2) is 0 Å². The summed E-state index contributed by atoms with van der Waals surface area (Å²) in [6.07, 6.45) is 4.39. The first-order valence-electron chi connectivity index (χ1n) is 8.12. The molecule has 1 amide bonds. The number of carboxylic acids is 1. The van der Waals surface area contributed by atoms with Gasteiger partial charge in [0.05, 0.1) is 6.61 Å². The number of ether oxygens (including phenoxy) is 2. The van der Waals surface area contributed by atoms with Crippen LogP contribution < -0.4 is 4.74 Å². The monoisotopic (exact) mass is 333 g/mol. The third kappa shape index (κ3) is 5.09. The molecule has 6 heteroatoms. The molecule has 0 atom stereocenters. The van der Waals surface area contributed by atoms with E-state index < -0.39 is 5.97 Å². The minimum absolute atomic E-state index is 0.103. The van der Waals surface area contributed by atoms with Crippen molar-refractivity contribution in [3.8, 4) is 5.75 Å². The van der Waals surface area contributed by atoms with Gasteiger partial charge in [-0.2, -0.15) is 0 Å². The van der Waals surface area contributed by atoms with E-state index in [0.717, 1.165) is 5.56 Å². The largest absolute Gasteiger partial charge is 0.493 e.